The van der Waals surface area contributed by atoms with Crippen LogP contribution in [0.3, 0.4) is 0 Å². The van der Waals surface area contributed by atoms with Crippen LogP contribution in [-0.4, -0.2) is 74.1 Å². The van der Waals surface area contributed by atoms with Gasteiger partial charge in [-0.25, -0.2) is 8.78 Å². The van der Waals surface area contributed by atoms with Crippen molar-refractivity contribution in [1.82, 2.24) is 9.80 Å². The lowest BCUT2D eigenvalue weighted by molar-refractivity contribution is -0.0468. The molecule has 0 aromatic carbocycles. The van der Waals surface area contributed by atoms with E-state index in [0.29, 0.717) is 25.6 Å². The van der Waals surface area contributed by atoms with Crippen LogP contribution >= 0.6 is 11.6 Å². The van der Waals surface area contributed by atoms with Crippen LogP contribution in [0.1, 0.15) is 6.92 Å². The molecule has 0 N–H and O–H groups in total. The fourth-order valence-electron chi connectivity index (χ4n) is 2.04. The van der Waals surface area contributed by atoms with Gasteiger partial charge in [-0.2, -0.15) is 0 Å². The molecule has 0 aliphatic carbocycles. The molecule has 0 aromatic rings. The molecule has 1 fully saturated rings. The highest BCUT2D eigenvalue weighted by Gasteiger charge is 2.22. The van der Waals surface area contributed by atoms with Crippen molar-refractivity contribution >= 4 is 11.6 Å². The summed E-state index contributed by atoms with van der Waals surface area (Å²) in [5.74, 6) is 0.372. The number of alkyl halides is 3. The minimum absolute atomic E-state index is 0.0191. The molecule has 1 heterocycles. The van der Waals surface area contributed by atoms with Crippen LogP contribution < -0.4 is 0 Å². The number of likely N-dealkylation sites (N-methyl/N-ethyl adjacent to an activating group) is 1. The van der Waals surface area contributed by atoms with Crippen molar-refractivity contribution in [2.45, 2.75) is 19.5 Å². The van der Waals surface area contributed by atoms with Gasteiger partial charge < -0.3 is 4.74 Å². The standard InChI is InChI=1S/C11H21ClF2N2O/c1-2-15-5-6-17-10(7-15)8-16(4-3-12)9-11(13)14/h10-11H,2-9H2,1H3. The molecule has 0 aromatic heterocycles. The second-order valence-electron chi connectivity index (χ2n) is 4.23. The van der Waals surface area contributed by atoms with Crippen molar-refractivity contribution in [1.29, 1.82) is 0 Å². The largest absolute Gasteiger partial charge is 0.374 e. The first-order chi connectivity index (χ1) is 8.15. The summed E-state index contributed by atoms with van der Waals surface area (Å²) in [5, 5.41) is 0. The van der Waals surface area contributed by atoms with Crippen LogP contribution in [0, 0.1) is 0 Å². The Morgan fingerprint density at radius 3 is 2.88 bits per heavy atom. The third-order valence-corrected chi connectivity index (χ3v) is 3.10. The highest BCUT2D eigenvalue weighted by atomic mass is 35.5. The molecule has 1 aliphatic rings. The van der Waals surface area contributed by atoms with Gasteiger partial charge in [-0.05, 0) is 6.54 Å². The zero-order valence-electron chi connectivity index (χ0n) is 10.2. The van der Waals surface area contributed by atoms with Gasteiger partial charge >= 0.3 is 0 Å². The van der Waals surface area contributed by atoms with Gasteiger partial charge in [0, 0.05) is 32.1 Å². The molecule has 1 aliphatic heterocycles. The van der Waals surface area contributed by atoms with E-state index in [2.05, 4.69) is 11.8 Å². The van der Waals surface area contributed by atoms with Gasteiger partial charge in [-0.1, -0.05) is 6.92 Å². The van der Waals surface area contributed by atoms with Crippen LogP contribution in [0.15, 0.2) is 0 Å². The predicted molar refractivity (Wildman–Crippen MR) is 65.0 cm³/mol. The second kappa shape index (κ2) is 8.19. The maximum Gasteiger partial charge on any atom is 0.251 e. The van der Waals surface area contributed by atoms with E-state index in [0.717, 1.165) is 19.6 Å². The Bertz CT molecular complexity index is 210. The van der Waals surface area contributed by atoms with Gasteiger partial charge in [0.1, 0.15) is 0 Å². The first-order valence-electron chi connectivity index (χ1n) is 6.06. The van der Waals surface area contributed by atoms with Crippen LogP contribution in [-0.2, 0) is 4.74 Å². The molecular formula is C11H21ClF2N2O. The molecule has 102 valence electrons. The summed E-state index contributed by atoms with van der Waals surface area (Å²) in [7, 11) is 0. The lowest BCUT2D eigenvalue weighted by atomic mass is 10.2. The highest BCUT2D eigenvalue weighted by Crippen LogP contribution is 2.08. The van der Waals surface area contributed by atoms with Crippen molar-refractivity contribution < 1.29 is 13.5 Å². The highest BCUT2D eigenvalue weighted by molar-refractivity contribution is 6.18. The molecule has 17 heavy (non-hydrogen) atoms. The Balaban J connectivity index is 2.36. The Hall–Kier alpha value is 0.0300. The van der Waals surface area contributed by atoms with E-state index in [1.54, 1.807) is 4.90 Å². The molecule has 0 amide bonds. The predicted octanol–water partition coefficient (Wildman–Crippen LogP) is 1.51. The number of hydrogen-bond donors (Lipinski definition) is 0. The minimum Gasteiger partial charge on any atom is -0.374 e. The van der Waals surface area contributed by atoms with E-state index >= 15 is 0 Å². The van der Waals surface area contributed by atoms with Crippen LogP contribution in [0.5, 0.6) is 0 Å². The molecule has 0 bridgehead atoms. The molecule has 1 atom stereocenters. The van der Waals surface area contributed by atoms with Crippen molar-refractivity contribution in [3.05, 3.63) is 0 Å². The van der Waals surface area contributed by atoms with Gasteiger partial charge in [0.25, 0.3) is 6.43 Å². The lowest BCUT2D eigenvalue weighted by Crippen LogP contribution is -2.48. The van der Waals surface area contributed by atoms with Gasteiger partial charge in [0.2, 0.25) is 0 Å². The van der Waals surface area contributed by atoms with Crippen molar-refractivity contribution in [3.8, 4) is 0 Å². The summed E-state index contributed by atoms with van der Waals surface area (Å²) in [6.07, 6.45) is -2.30. The monoisotopic (exact) mass is 270 g/mol. The topological polar surface area (TPSA) is 15.7 Å². The van der Waals surface area contributed by atoms with E-state index < -0.39 is 6.43 Å². The fraction of sp³-hybridized carbons (Fsp3) is 1.00. The average molecular weight is 271 g/mol. The summed E-state index contributed by atoms with van der Waals surface area (Å²) >= 11 is 5.62. The maximum atomic E-state index is 12.4. The van der Waals surface area contributed by atoms with Crippen molar-refractivity contribution in [2.75, 3.05) is 51.8 Å². The average Bonchev–Trinajstić information content (AvgIpc) is 2.29. The third-order valence-electron chi connectivity index (χ3n) is 2.93. The fourth-order valence-corrected chi connectivity index (χ4v) is 2.28. The number of rotatable bonds is 7. The normalized spacial score (nSPS) is 22.6. The third kappa shape index (κ3) is 5.95. The molecule has 0 saturated carbocycles. The molecule has 1 unspecified atom stereocenters. The van der Waals surface area contributed by atoms with E-state index in [-0.39, 0.29) is 12.6 Å². The number of halogens is 3. The van der Waals surface area contributed by atoms with Crippen molar-refractivity contribution in [3.63, 3.8) is 0 Å². The lowest BCUT2D eigenvalue weighted by Gasteiger charge is -2.35. The number of ether oxygens (including phenoxy) is 1. The van der Waals surface area contributed by atoms with E-state index in [1.165, 1.54) is 0 Å². The number of nitrogens with zero attached hydrogens (tertiary/aromatic N) is 2. The minimum atomic E-state index is -2.32. The quantitative estimate of drug-likeness (QED) is 0.653. The van der Waals surface area contributed by atoms with Gasteiger partial charge in [0.15, 0.2) is 0 Å². The van der Waals surface area contributed by atoms with Gasteiger partial charge in [0.05, 0.1) is 19.3 Å². The maximum absolute atomic E-state index is 12.4. The SMILES string of the molecule is CCN1CCOC(CN(CCCl)CC(F)F)C1. The van der Waals surface area contributed by atoms with E-state index in [1.807, 2.05) is 0 Å². The molecule has 6 heteroatoms. The van der Waals surface area contributed by atoms with Gasteiger partial charge in [-0.3, -0.25) is 9.80 Å². The summed E-state index contributed by atoms with van der Waals surface area (Å²) in [5.41, 5.74) is 0. The molecule has 0 radical (unpaired) electrons. The van der Waals surface area contributed by atoms with Crippen LogP contribution in [0.2, 0.25) is 0 Å². The molecular weight excluding hydrogens is 250 g/mol. The Morgan fingerprint density at radius 2 is 2.29 bits per heavy atom. The second-order valence-corrected chi connectivity index (χ2v) is 4.60. The van der Waals surface area contributed by atoms with Crippen LogP contribution in [0.25, 0.3) is 0 Å². The molecule has 3 nitrogen and oxygen atoms in total. The summed E-state index contributed by atoms with van der Waals surface area (Å²) in [4.78, 5) is 3.96. The first-order valence-corrected chi connectivity index (χ1v) is 6.59. The summed E-state index contributed by atoms with van der Waals surface area (Å²) in [6, 6.07) is 0. The van der Waals surface area contributed by atoms with E-state index in [9.17, 15) is 8.78 Å². The zero-order chi connectivity index (χ0) is 12.7. The van der Waals surface area contributed by atoms with Crippen molar-refractivity contribution in [2.24, 2.45) is 0 Å². The van der Waals surface area contributed by atoms with E-state index in [4.69, 9.17) is 16.3 Å². The first kappa shape index (κ1) is 15.1. The Kier molecular flexibility index (Phi) is 7.27. The zero-order valence-corrected chi connectivity index (χ0v) is 11.0. The molecule has 1 saturated heterocycles. The number of hydrogen-bond acceptors (Lipinski definition) is 3. The number of morpholine rings is 1. The summed E-state index contributed by atoms with van der Waals surface area (Å²) in [6.45, 7) is 6.30. The smallest absolute Gasteiger partial charge is 0.251 e. The Morgan fingerprint density at radius 1 is 1.53 bits per heavy atom. The molecule has 0 spiro atoms. The Labute approximate surface area is 107 Å². The van der Waals surface area contributed by atoms with Gasteiger partial charge in [-0.15, -0.1) is 11.6 Å². The molecule has 1 rings (SSSR count). The van der Waals surface area contributed by atoms with Crippen LogP contribution in [0.4, 0.5) is 8.78 Å². The summed E-state index contributed by atoms with van der Waals surface area (Å²) < 4.78 is 30.3.